The van der Waals surface area contributed by atoms with Gasteiger partial charge in [0, 0.05) is 32.2 Å². The molecule has 2 N–H and O–H groups in total. The average molecular weight is 324 g/mol. The zero-order valence-electron chi connectivity index (χ0n) is 13.8. The summed E-state index contributed by atoms with van der Waals surface area (Å²) in [4.78, 5) is 13.9. The van der Waals surface area contributed by atoms with Gasteiger partial charge in [-0.3, -0.25) is 0 Å². The summed E-state index contributed by atoms with van der Waals surface area (Å²) in [5.74, 6) is 0.235. The second-order valence-electron chi connectivity index (χ2n) is 6.33. The molecule has 4 nitrogen and oxygen atoms in total. The van der Waals surface area contributed by atoms with E-state index in [2.05, 4.69) is 41.7 Å². The van der Waals surface area contributed by atoms with Crippen LogP contribution in [0.1, 0.15) is 12.0 Å². The smallest absolute Gasteiger partial charge is 0.317 e. The summed E-state index contributed by atoms with van der Waals surface area (Å²) < 4.78 is 0. The lowest BCUT2D eigenvalue weighted by atomic mass is 10.0. The molecule has 0 unspecified atom stereocenters. The number of amides is 2. The maximum Gasteiger partial charge on any atom is 0.317 e. The summed E-state index contributed by atoms with van der Waals surface area (Å²) in [6.07, 6.45) is 1.70. The lowest BCUT2D eigenvalue weighted by Crippen LogP contribution is -2.39. The Morgan fingerprint density at radius 3 is 2.67 bits per heavy atom. The average Bonchev–Trinajstić information content (AvgIpc) is 3.12. The molecule has 126 valence electrons. The number of aliphatic hydroxyl groups excluding tert-OH is 1. The van der Waals surface area contributed by atoms with E-state index in [-0.39, 0.29) is 18.6 Å². The molecule has 0 aliphatic carbocycles. The fourth-order valence-electron chi connectivity index (χ4n) is 3.13. The highest BCUT2D eigenvalue weighted by Crippen LogP contribution is 2.20. The largest absolute Gasteiger partial charge is 0.396 e. The summed E-state index contributed by atoms with van der Waals surface area (Å²) in [6, 6.07) is 18.7. The molecule has 0 bridgehead atoms. The summed E-state index contributed by atoms with van der Waals surface area (Å²) >= 11 is 0. The highest BCUT2D eigenvalue weighted by molar-refractivity contribution is 5.74. The lowest BCUT2D eigenvalue weighted by molar-refractivity contribution is 0.198. The van der Waals surface area contributed by atoms with E-state index in [4.69, 9.17) is 5.11 Å². The lowest BCUT2D eigenvalue weighted by Gasteiger charge is -2.17. The Hall–Kier alpha value is -2.33. The first-order chi connectivity index (χ1) is 11.8. The van der Waals surface area contributed by atoms with Crippen LogP contribution in [0.5, 0.6) is 0 Å². The monoisotopic (exact) mass is 324 g/mol. The van der Waals surface area contributed by atoms with Crippen molar-refractivity contribution in [1.82, 2.24) is 10.2 Å². The van der Waals surface area contributed by atoms with E-state index in [1.807, 2.05) is 18.2 Å². The number of rotatable bonds is 5. The zero-order valence-corrected chi connectivity index (χ0v) is 13.8. The third-order valence-corrected chi connectivity index (χ3v) is 4.56. The molecule has 1 saturated heterocycles. The van der Waals surface area contributed by atoms with Gasteiger partial charge < -0.3 is 15.3 Å². The van der Waals surface area contributed by atoms with Gasteiger partial charge in [0.2, 0.25) is 0 Å². The highest BCUT2D eigenvalue weighted by atomic mass is 16.3. The van der Waals surface area contributed by atoms with Crippen LogP contribution in [-0.4, -0.2) is 42.3 Å². The molecule has 2 amide bonds. The van der Waals surface area contributed by atoms with Crippen molar-refractivity contribution in [2.24, 2.45) is 5.92 Å². The number of hydrogen-bond acceptors (Lipinski definition) is 2. The topological polar surface area (TPSA) is 52.6 Å². The number of likely N-dealkylation sites (tertiary alicyclic amines) is 1. The van der Waals surface area contributed by atoms with E-state index in [1.54, 1.807) is 4.90 Å². The SMILES string of the molecule is O=C(NCCc1cccc(-c2ccccc2)c1)N1CC[C@@H](CO)C1. The predicted octanol–water partition coefficient (Wildman–Crippen LogP) is 2.92. The molecule has 1 fully saturated rings. The molecule has 1 heterocycles. The summed E-state index contributed by atoms with van der Waals surface area (Å²) in [5.41, 5.74) is 3.62. The molecule has 1 aliphatic rings. The second kappa shape index (κ2) is 7.97. The molecule has 0 saturated carbocycles. The molecular weight excluding hydrogens is 300 g/mol. The summed E-state index contributed by atoms with van der Waals surface area (Å²) in [6.45, 7) is 2.18. The van der Waals surface area contributed by atoms with Crippen molar-refractivity contribution in [3.63, 3.8) is 0 Å². The molecule has 0 radical (unpaired) electrons. The minimum Gasteiger partial charge on any atom is -0.396 e. The quantitative estimate of drug-likeness (QED) is 0.888. The number of carbonyl (C=O) groups is 1. The van der Waals surface area contributed by atoms with E-state index in [0.29, 0.717) is 13.1 Å². The Morgan fingerprint density at radius 2 is 1.92 bits per heavy atom. The first-order valence-corrected chi connectivity index (χ1v) is 8.54. The van der Waals surface area contributed by atoms with Crippen LogP contribution in [0.4, 0.5) is 4.79 Å². The van der Waals surface area contributed by atoms with Gasteiger partial charge in [-0.05, 0) is 29.5 Å². The van der Waals surface area contributed by atoms with Crippen LogP contribution in [0.2, 0.25) is 0 Å². The van der Waals surface area contributed by atoms with Gasteiger partial charge in [-0.2, -0.15) is 0 Å². The minimum atomic E-state index is -0.0230. The van der Waals surface area contributed by atoms with Gasteiger partial charge in [-0.1, -0.05) is 54.6 Å². The number of nitrogens with one attached hydrogen (secondary N) is 1. The van der Waals surface area contributed by atoms with Crippen molar-refractivity contribution in [3.8, 4) is 11.1 Å². The van der Waals surface area contributed by atoms with Crippen molar-refractivity contribution in [2.75, 3.05) is 26.2 Å². The first kappa shape index (κ1) is 16.5. The van der Waals surface area contributed by atoms with Crippen LogP contribution in [0.3, 0.4) is 0 Å². The zero-order chi connectivity index (χ0) is 16.8. The van der Waals surface area contributed by atoms with Gasteiger partial charge in [-0.15, -0.1) is 0 Å². The fraction of sp³-hybridized carbons (Fsp3) is 0.350. The summed E-state index contributed by atoms with van der Waals surface area (Å²) in [7, 11) is 0. The Labute approximate surface area is 143 Å². The van der Waals surface area contributed by atoms with Crippen molar-refractivity contribution < 1.29 is 9.90 Å². The molecule has 24 heavy (non-hydrogen) atoms. The molecule has 1 atom stereocenters. The van der Waals surface area contributed by atoms with Crippen LogP contribution in [0.15, 0.2) is 54.6 Å². The van der Waals surface area contributed by atoms with Crippen molar-refractivity contribution in [1.29, 1.82) is 0 Å². The molecular formula is C20H24N2O2. The van der Waals surface area contributed by atoms with Gasteiger partial charge in [0.05, 0.1) is 0 Å². The van der Waals surface area contributed by atoms with Gasteiger partial charge in [-0.25, -0.2) is 4.79 Å². The number of hydrogen-bond donors (Lipinski definition) is 2. The Kier molecular flexibility index (Phi) is 5.49. The Balaban J connectivity index is 1.51. The van der Waals surface area contributed by atoms with Crippen molar-refractivity contribution in [3.05, 3.63) is 60.2 Å². The van der Waals surface area contributed by atoms with Gasteiger partial charge in [0.25, 0.3) is 0 Å². The maximum atomic E-state index is 12.1. The Bertz CT molecular complexity index is 672. The first-order valence-electron chi connectivity index (χ1n) is 8.54. The normalized spacial score (nSPS) is 17.0. The van der Waals surface area contributed by atoms with E-state index >= 15 is 0 Å². The molecule has 2 aromatic carbocycles. The van der Waals surface area contributed by atoms with Crippen LogP contribution >= 0.6 is 0 Å². The molecule has 2 aromatic rings. The van der Waals surface area contributed by atoms with Crippen molar-refractivity contribution >= 4 is 6.03 Å². The molecule has 0 aromatic heterocycles. The standard InChI is InChI=1S/C20H24N2O2/c23-15-17-10-12-22(14-17)20(24)21-11-9-16-5-4-8-19(13-16)18-6-2-1-3-7-18/h1-8,13,17,23H,9-12,14-15H2,(H,21,24)/t17-/m1/s1. The predicted molar refractivity (Wildman–Crippen MR) is 95.7 cm³/mol. The number of carbonyl (C=O) groups excluding carboxylic acids is 1. The van der Waals surface area contributed by atoms with Crippen LogP contribution < -0.4 is 5.32 Å². The van der Waals surface area contributed by atoms with Gasteiger partial charge in [0.1, 0.15) is 0 Å². The third-order valence-electron chi connectivity index (χ3n) is 4.56. The third kappa shape index (κ3) is 4.15. The number of nitrogens with zero attached hydrogens (tertiary/aromatic N) is 1. The van der Waals surface area contributed by atoms with E-state index in [1.165, 1.54) is 16.7 Å². The Morgan fingerprint density at radius 1 is 1.12 bits per heavy atom. The van der Waals surface area contributed by atoms with Crippen LogP contribution in [0, 0.1) is 5.92 Å². The fourth-order valence-corrected chi connectivity index (χ4v) is 3.13. The van der Waals surface area contributed by atoms with Crippen molar-refractivity contribution in [2.45, 2.75) is 12.8 Å². The number of urea groups is 1. The maximum absolute atomic E-state index is 12.1. The second-order valence-corrected chi connectivity index (χ2v) is 6.33. The van der Waals surface area contributed by atoms with Gasteiger partial charge >= 0.3 is 6.03 Å². The van der Waals surface area contributed by atoms with Gasteiger partial charge in [0.15, 0.2) is 0 Å². The molecule has 3 rings (SSSR count). The molecule has 4 heteroatoms. The molecule has 1 aliphatic heterocycles. The van der Waals surface area contributed by atoms with E-state index < -0.39 is 0 Å². The number of benzene rings is 2. The number of aliphatic hydroxyl groups is 1. The molecule has 0 spiro atoms. The van der Waals surface area contributed by atoms with E-state index in [9.17, 15) is 4.79 Å². The highest BCUT2D eigenvalue weighted by Gasteiger charge is 2.25. The summed E-state index contributed by atoms with van der Waals surface area (Å²) in [5, 5.41) is 12.1. The van der Waals surface area contributed by atoms with Crippen LogP contribution in [-0.2, 0) is 6.42 Å². The van der Waals surface area contributed by atoms with E-state index in [0.717, 1.165) is 19.4 Å². The minimum absolute atomic E-state index is 0.0230. The van der Waals surface area contributed by atoms with Crippen LogP contribution in [0.25, 0.3) is 11.1 Å².